The Kier molecular flexibility index (Phi) is 6.02. The van der Waals surface area contributed by atoms with Crippen LogP contribution in [0, 0.1) is 10.1 Å². The molecule has 0 spiro atoms. The summed E-state index contributed by atoms with van der Waals surface area (Å²) in [6, 6.07) is 9.03. The average Bonchev–Trinajstić information content (AvgIpc) is 2.65. The van der Waals surface area contributed by atoms with Gasteiger partial charge in [0.1, 0.15) is 12.7 Å². The average molecular weight is 349 g/mol. The second-order valence-corrected chi connectivity index (χ2v) is 5.03. The highest BCUT2D eigenvalue weighted by Crippen LogP contribution is 2.33. The molecule has 1 atom stereocenters. The first kappa shape index (κ1) is 18.3. The Morgan fingerprint density at radius 2 is 1.56 bits per heavy atom. The molecule has 0 aromatic heterocycles. The lowest BCUT2D eigenvalue weighted by atomic mass is 10.1. The molecule has 0 bridgehead atoms. The van der Waals surface area contributed by atoms with Gasteiger partial charge in [0.25, 0.3) is 5.69 Å². The molecule has 25 heavy (non-hydrogen) atoms. The number of nitro benzene ring substituents is 1. The van der Waals surface area contributed by atoms with Gasteiger partial charge in [0.15, 0.2) is 23.0 Å². The number of ether oxygens (including phenoxy) is 4. The van der Waals surface area contributed by atoms with Gasteiger partial charge in [0, 0.05) is 6.07 Å². The molecule has 0 aliphatic rings. The number of methoxy groups -OCH3 is 3. The predicted molar refractivity (Wildman–Crippen MR) is 89.6 cm³/mol. The van der Waals surface area contributed by atoms with E-state index in [2.05, 4.69) is 0 Å². The van der Waals surface area contributed by atoms with E-state index in [1.54, 1.807) is 18.2 Å². The van der Waals surface area contributed by atoms with E-state index >= 15 is 0 Å². The fraction of sp³-hybridized carbons (Fsp3) is 0.294. The first-order valence-corrected chi connectivity index (χ1v) is 7.35. The molecule has 134 valence electrons. The van der Waals surface area contributed by atoms with Crippen LogP contribution in [0.2, 0.25) is 0 Å². The summed E-state index contributed by atoms with van der Waals surface area (Å²) < 4.78 is 21.0. The maximum Gasteiger partial charge on any atom is 0.273 e. The van der Waals surface area contributed by atoms with Gasteiger partial charge in [-0.05, 0) is 23.8 Å². The number of nitrogens with zero attached hydrogens (tertiary/aromatic N) is 1. The van der Waals surface area contributed by atoms with Crippen molar-refractivity contribution in [3.05, 3.63) is 52.1 Å². The number of aliphatic hydroxyl groups is 1. The molecule has 0 radical (unpaired) electrons. The Bertz CT molecular complexity index is 748. The molecule has 8 nitrogen and oxygen atoms in total. The Morgan fingerprint density at radius 1 is 0.960 bits per heavy atom. The molecule has 1 unspecified atom stereocenters. The number of nitro groups is 1. The van der Waals surface area contributed by atoms with Crippen molar-refractivity contribution in [1.29, 1.82) is 0 Å². The molecular formula is C17H19NO7. The summed E-state index contributed by atoms with van der Waals surface area (Å²) in [5, 5.41) is 21.1. The van der Waals surface area contributed by atoms with E-state index in [1.165, 1.54) is 39.5 Å². The minimum absolute atomic E-state index is 0.0658. The van der Waals surface area contributed by atoms with Crippen LogP contribution >= 0.6 is 0 Å². The van der Waals surface area contributed by atoms with Crippen LogP contribution in [0.3, 0.4) is 0 Å². The van der Waals surface area contributed by atoms with Crippen LogP contribution in [0.5, 0.6) is 23.0 Å². The third-order valence-electron chi connectivity index (χ3n) is 3.55. The Morgan fingerprint density at radius 3 is 2.16 bits per heavy atom. The fourth-order valence-corrected chi connectivity index (χ4v) is 2.21. The number of rotatable bonds is 8. The van der Waals surface area contributed by atoms with Crippen LogP contribution in [-0.4, -0.2) is 38.0 Å². The van der Waals surface area contributed by atoms with Crippen molar-refractivity contribution in [2.45, 2.75) is 6.10 Å². The molecule has 0 saturated heterocycles. The first-order chi connectivity index (χ1) is 12.0. The van der Waals surface area contributed by atoms with E-state index in [1.807, 2.05) is 0 Å². The number of hydrogen-bond acceptors (Lipinski definition) is 7. The highest BCUT2D eigenvalue weighted by molar-refractivity contribution is 5.48. The summed E-state index contributed by atoms with van der Waals surface area (Å²) in [5.41, 5.74) is 0.475. The van der Waals surface area contributed by atoms with Gasteiger partial charge in [0.2, 0.25) is 0 Å². The van der Waals surface area contributed by atoms with Gasteiger partial charge < -0.3 is 24.1 Å². The lowest BCUT2D eigenvalue weighted by Crippen LogP contribution is -2.10. The lowest BCUT2D eigenvalue weighted by Gasteiger charge is -2.16. The van der Waals surface area contributed by atoms with Crippen molar-refractivity contribution in [1.82, 2.24) is 0 Å². The van der Waals surface area contributed by atoms with Crippen LogP contribution in [0.25, 0.3) is 0 Å². The molecule has 0 aliphatic heterocycles. The molecule has 8 heteroatoms. The monoisotopic (exact) mass is 349 g/mol. The zero-order chi connectivity index (χ0) is 18.4. The van der Waals surface area contributed by atoms with E-state index in [-0.39, 0.29) is 18.0 Å². The first-order valence-electron chi connectivity index (χ1n) is 7.35. The molecule has 0 aliphatic carbocycles. The van der Waals surface area contributed by atoms with Gasteiger partial charge in [-0.25, -0.2) is 0 Å². The van der Waals surface area contributed by atoms with Crippen molar-refractivity contribution >= 4 is 5.69 Å². The van der Waals surface area contributed by atoms with Gasteiger partial charge >= 0.3 is 0 Å². The molecular weight excluding hydrogens is 330 g/mol. The molecule has 2 rings (SSSR count). The second kappa shape index (κ2) is 8.20. The molecule has 1 N–H and O–H groups in total. The molecule has 0 heterocycles. The number of non-ortho nitro benzene ring substituents is 1. The molecule has 2 aromatic rings. The fourth-order valence-electron chi connectivity index (χ4n) is 2.21. The number of aliphatic hydroxyl groups excluding tert-OH is 1. The van der Waals surface area contributed by atoms with E-state index in [0.717, 1.165) is 0 Å². The van der Waals surface area contributed by atoms with Gasteiger partial charge in [0.05, 0.1) is 32.3 Å². The topological polar surface area (TPSA) is 100 Å². The second-order valence-electron chi connectivity index (χ2n) is 5.03. The van der Waals surface area contributed by atoms with Gasteiger partial charge in [-0.15, -0.1) is 0 Å². The van der Waals surface area contributed by atoms with Crippen molar-refractivity contribution in [2.75, 3.05) is 27.9 Å². The summed E-state index contributed by atoms with van der Waals surface area (Å²) in [6.45, 7) is -0.0658. The maximum absolute atomic E-state index is 10.8. The zero-order valence-electron chi connectivity index (χ0n) is 14.1. The molecule has 2 aromatic carbocycles. The van der Waals surface area contributed by atoms with E-state index in [4.69, 9.17) is 18.9 Å². The molecule has 0 fully saturated rings. The van der Waals surface area contributed by atoms with Crippen LogP contribution in [0.15, 0.2) is 36.4 Å². The smallest absolute Gasteiger partial charge is 0.273 e. The van der Waals surface area contributed by atoms with Crippen molar-refractivity contribution < 1.29 is 29.0 Å². The minimum atomic E-state index is -0.931. The summed E-state index contributed by atoms with van der Waals surface area (Å²) in [4.78, 5) is 10.3. The zero-order valence-corrected chi connectivity index (χ0v) is 14.1. The summed E-state index contributed by atoms with van der Waals surface area (Å²) in [6.07, 6.45) is -0.931. The van der Waals surface area contributed by atoms with E-state index < -0.39 is 11.0 Å². The van der Waals surface area contributed by atoms with E-state index in [9.17, 15) is 15.2 Å². The Balaban J connectivity index is 2.12. The summed E-state index contributed by atoms with van der Waals surface area (Å²) >= 11 is 0. The summed E-state index contributed by atoms with van der Waals surface area (Å²) in [5.74, 6) is 1.56. The quantitative estimate of drug-likeness (QED) is 0.577. The van der Waals surface area contributed by atoms with Gasteiger partial charge in [-0.2, -0.15) is 0 Å². The number of hydrogen-bond donors (Lipinski definition) is 1. The summed E-state index contributed by atoms with van der Waals surface area (Å²) in [7, 11) is 4.42. The van der Waals surface area contributed by atoms with Crippen LogP contribution in [0.4, 0.5) is 5.69 Å². The Hall–Kier alpha value is -3.00. The molecule has 0 saturated carbocycles. The minimum Gasteiger partial charge on any atom is -0.493 e. The van der Waals surface area contributed by atoms with Crippen LogP contribution < -0.4 is 18.9 Å². The van der Waals surface area contributed by atoms with Crippen LogP contribution in [-0.2, 0) is 0 Å². The van der Waals surface area contributed by atoms with Crippen molar-refractivity contribution in [3.63, 3.8) is 0 Å². The SMILES string of the molecule is COc1ccc(C(O)COc2ccc([N+](=O)[O-])cc2OC)cc1OC. The van der Waals surface area contributed by atoms with Crippen LogP contribution in [0.1, 0.15) is 11.7 Å². The Labute approximate surface area is 144 Å². The normalized spacial score (nSPS) is 11.5. The molecule has 0 amide bonds. The highest BCUT2D eigenvalue weighted by Gasteiger charge is 2.16. The third-order valence-corrected chi connectivity index (χ3v) is 3.55. The predicted octanol–water partition coefficient (Wildman–Crippen LogP) is 2.73. The third kappa shape index (κ3) is 4.30. The highest BCUT2D eigenvalue weighted by atomic mass is 16.6. The van der Waals surface area contributed by atoms with Crippen molar-refractivity contribution in [2.24, 2.45) is 0 Å². The lowest BCUT2D eigenvalue weighted by molar-refractivity contribution is -0.385. The van der Waals surface area contributed by atoms with Crippen molar-refractivity contribution in [3.8, 4) is 23.0 Å². The van der Waals surface area contributed by atoms with Gasteiger partial charge in [-0.1, -0.05) is 6.07 Å². The number of benzene rings is 2. The largest absolute Gasteiger partial charge is 0.493 e. The van der Waals surface area contributed by atoms with Gasteiger partial charge in [-0.3, -0.25) is 10.1 Å². The van der Waals surface area contributed by atoms with E-state index in [0.29, 0.717) is 22.8 Å². The standard InChI is InChI=1S/C17H19NO7/c1-22-14-6-4-11(8-16(14)23-2)13(19)10-25-15-7-5-12(18(20)21)9-17(15)24-3/h4-9,13,19H,10H2,1-3H3. The maximum atomic E-state index is 10.8.